The molecular formula is C15H27N5. The van der Waals surface area contributed by atoms with Gasteiger partial charge in [-0.3, -0.25) is 0 Å². The number of anilines is 2. The molecule has 20 heavy (non-hydrogen) atoms. The lowest BCUT2D eigenvalue weighted by Crippen LogP contribution is -2.40. The molecule has 0 spiro atoms. The molecule has 1 unspecified atom stereocenters. The summed E-state index contributed by atoms with van der Waals surface area (Å²) in [7, 11) is 2.18. The van der Waals surface area contributed by atoms with Crippen LogP contribution >= 0.6 is 0 Å². The Balaban J connectivity index is 2.19. The number of nitrogens with one attached hydrogen (secondary N) is 2. The third kappa shape index (κ3) is 3.60. The van der Waals surface area contributed by atoms with Gasteiger partial charge < -0.3 is 15.5 Å². The van der Waals surface area contributed by atoms with Crippen LogP contribution in [-0.4, -0.2) is 47.6 Å². The summed E-state index contributed by atoms with van der Waals surface area (Å²) in [6.45, 7) is 9.63. The number of aromatic nitrogens is 2. The number of rotatable bonds is 5. The van der Waals surface area contributed by atoms with Gasteiger partial charge in [0.15, 0.2) is 0 Å². The molecule has 5 nitrogen and oxygen atoms in total. The Morgan fingerprint density at radius 3 is 2.75 bits per heavy atom. The number of nitrogens with zero attached hydrogens (tertiary/aromatic N) is 3. The van der Waals surface area contributed by atoms with E-state index in [4.69, 9.17) is 0 Å². The number of likely N-dealkylation sites (N-methyl/N-ethyl adjacent to an activating group) is 1. The van der Waals surface area contributed by atoms with Crippen molar-refractivity contribution in [1.82, 2.24) is 14.9 Å². The molecule has 1 aromatic rings. The molecule has 2 N–H and O–H groups in total. The molecular weight excluding hydrogens is 250 g/mol. The SMILES string of the molecule is CCNc1ncnc(NC2CCCN(C)C2)c1C(C)C. The van der Waals surface area contributed by atoms with Crippen molar-refractivity contribution in [3.8, 4) is 0 Å². The summed E-state index contributed by atoms with van der Waals surface area (Å²) >= 11 is 0. The minimum atomic E-state index is 0.397. The van der Waals surface area contributed by atoms with Crippen LogP contribution in [0.3, 0.4) is 0 Å². The molecule has 112 valence electrons. The van der Waals surface area contributed by atoms with E-state index in [0.29, 0.717) is 12.0 Å². The smallest absolute Gasteiger partial charge is 0.135 e. The van der Waals surface area contributed by atoms with E-state index in [9.17, 15) is 0 Å². The monoisotopic (exact) mass is 277 g/mol. The molecule has 1 atom stereocenters. The average molecular weight is 277 g/mol. The van der Waals surface area contributed by atoms with Gasteiger partial charge in [-0.15, -0.1) is 0 Å². The van der Waals surface area contributed by atoms with Crippen LogP contribution in [0.5, 0.6) is 0 Å². The van der Waals surface area contributed by atoms with Crippen LogP contribution < -0.4 is 10.6 Å². The molecule has 0 aromatic carbocycles. The molecule has 1 aromatic heterocycles. The quantitative estimate of drug-likeness (QED) is 0.866. The minimum Gasteiger partial charge on any atom is -0.370 e. The summed E-state index contributed by atoms with van der Waals surface area (Å²) in [5.41, 5.74) is 1.20. The zero-order valence-corrected chi connectivity index (χ0v) is 13.1. The number of hydrogen-bond acceptors (Lipinski definition) is 5. The van der Waals surface area contributed by atoms with Gasteiger partial charge in [-0.1, -0.05) is 13.8 Å². The van der Waals surface area contributed by atoms with E-state index in [0.717, 1.165) is 24.7 Å². The molecule has 1 aliphatic rings. The van der Waals surface area contributed by atoms with Gasteiger partial charge in [0.1, 0.15) is 18.0 Å². The summed E-state index contributed by atoms with van der Waals surface area (Å²) < 4.78 is 0. The van der Waals surface area contributed by atoms with Crippen molar-refractivity contribution in [3.05, 3.63) is 11.9 Å². The standard InChI is InChI=1S/C15H27N5/c1-5-16-14-13(11(2)3)15(18-10-17-14)19-12-7-6-8-20(4)9-12/h10-12H,5-9H2,1-4H3,(H2,16,17,18,19). The van der Waals surface area contributed by atoms with E-state index < -0.39 is 0 Å². The van der Waals surface area contributed by atoms with Gasteiger partial charge in [-0.05, 0) is 39.3 Å². The summed E-state index contributed by atoms with van der Waals surface area (Å²) in [6, 6.07) is 0.482. The molecule has 0 aliphatic carbocycles. The predicted octanol–water partition coefficient (Wildman–Crippen LogP) is 2.54. The molecule has 1 aliphatic heterocycles. The first kappa shape index (κ1) is 15.0. The number of likely N-dealkylation sites (tertiary alicyclic amines) is 1. The number of hydrogen-bond donors (Lipinski definition) is 2. The fraction of sp³-hybridized carbons (Fsp3) is 0.733. The van der Waals surface area contributed by atoms with Crippen LogP contribution in [0.15, 0.2) is 6.33 Å². The van der Waals surface area contributed by atoms with E-state index in [1.54, 1.807) is 6.33 Å². The van der Waals surface area contributed by atoms with Gasteiger partial charge in [0, 0.05) is 24.7 Å². The Bertz CT molecular complexity index is 432. The van der Waals surface area contributed by atoms with E-state index in [1.807, 2.05) is 0 Å². The van der Waals surface area contributed by atoms with Crippen molar-refractivity contribution in [2.75, 3.05) is 37.3 Å². The lowest BCUT2D eigenvalue weighted by molar-refractivity contribution is 0.260. The van der Waals surface area contributed by atoms with Crippen LogP contribution in [-0.2, 0) is 0 Å². The van der Waals surface area contributed by atoms with Crippen molar-refractivity contribution in [3.63, 3.8) is 0 Å². The topological polar surface area (TPSA) is 53.1 Å². The normalized spacial score (nSPS) is 20.1. The second-order valence-electron chi connectivity index (χ2n) is 5.92. The maximum Gasteiger partial charge on any atom is 0.135 e. The Hall–Kier alpha value is -1.36. The van der Waals surface area contributed by atoms with Gasteiger partial charge in [0.25, 0.3) is 0 Å². The molecule has 0 amide bonds. The van der Waals surface area contributed by atoms with Crippen molar-refractivity contribution in [1.29, 1.82) is 0 Å². The maximum absolute atomic E-state index is 4.48. The highest BCUT2D eigenvalue weighted by atomic mass is 15.2. The Kier molecular flexibility index (Phi) is 5.17. The Morgan fingerprint density at radius 2 is 2.10 bits per heavy atom. The molecule has 0 saturated carbocycles. The summed E-state index contributed by atoms with van der Waals surface area (Å²) in [5.74, 6) is 2.35. The van der Waals surface area contributed by atoms with E-state index in [2.05, 4.69) is 53.3 Å². The van der Waals surface area contributed by atoms with Gasteiger partial charge in [0.2, 0.25) is 0 Å². The summed E-state index contributed by atoms with van der Waals surface area (Å²) in [6.07, 6.45) is 4.11. The van der Waals surface area contributed by atoms with Crippen LogP contribution in [0.1, 0.15) is 45.1 Å². The van der Waals surface area contributed by atoms with Crippen LogP contribution in [0.25, 0.3) is 0 Å². The fourth-order valence-electron chi connectivity index (χ4n) is 2.84. The van der Waals surface area contributed by atoms with Crippen molar-refractivity contribution >= 4 is 11.6 Å². The molecule has 0 bridgehead atoms. The Morgan fingerprint density at radius 1 is 1.35 bits per heavy atom. The highest BCUT2D eigenvalue weighted by Crippen LogP contribution is 2.29. The molecule has 0 radical (unpaired) electrons. The zero-order valence-electron chi connectivity index (χ0n) is 13.1. The van der Waals surface area contributed by atoms with Crippen LogP contribution in [0, 0.1) is 0 Å². The first-order chi connectivity index (χ1) is 9.61. The summed E-state index contributed by atoms with van der Waals surface area (Å²) in [4.78, 5) is 11.2. The second kappa shape index (κ2) is 6.88. The summed E-state index contributed by atoms with van der Waals surface area (Å²) in [5, 5.41) is 6.97. The lowest BCUT2D eigenvalue weighted by Gasteiger charge is -2.31. The third-order valence-electron chi connectivity index (χ3n) is 3.77. The maximum atomic E-state index is 4.48. The van der Waals surface area contributed by atoms with Gasteiger partial charge >= 0.3 is 0 Å². The first-order valence-electron chi connectivity index (χ1n) is 7.65. The van der Waals surface area contributed by atoms with Crippen molar-refractivity contribution in [2.24, 2.45) is 0 Å². The second-order valence-corrected chi connectivity index (χ2v) is 5.92. The van der Waals surface area contributed by atoms with E-state index in [1.165, 1.54) is 24.9 Å². The van der Waals surface area contributed by atoms with Crippen molar-refractivity contribution < 1.29 is 0 Å². The molecule has 1 fully saturated rings. The van der Waals surface area contributed by atoms with Gasteiger partial charge in [0.05, 0.1) is 0 Å². The highest BCUT2D eigenvalue weighted by molar-refractivity contribution is 5.59. The van der Waals surface area contributed by atoms with E-state index in [-0.39, 0.29) is 0 Å². The Labute approximate surface area is 122 Å². The van der Waals surface area contributed by atoms with Gasteiger partial charge in [-0.2, -0.15) is 0 Å². The average Bonchev–Trinajstić information content (AvgIpc) is 2.39. The molecule has 1 saturated heterocycles. The third-order valence-corrected chi connectivity index (χ3v) is 3.77. The van der Waals surface area contributed by atoms with Crippen LogP contribution in [0.4, 0.5) is 11.6 Å². The minimum absolute atomic E-state index is 0.397. The lowest BCUT2D eigenvalue weighted by atomic mass is 10.0. The first-order valence-corrected chi connectivity index (χ1v) is 7.65. The molecule has 2 rings (SSSR count). The highest BCUT2D eigenvalue weighted by Gasteiger charge is 2.21. The molecule has 5 heteroatoms. The van der Waals surface area contributed by atoms with E-state index >= 15 is 0 Å². The van der Waals surface area contributed by atoms with Crippen LogP contribution in [0.2, 0.25) is 0 Å². The number of piperidine rings is 1. The fourth-order valence-corrected chi connectivity index (χ4v) is 2.84. The predicted molar refractivity (Wildman–Crippen MR) is 84.4 cm³/mol. The van der Waals surface area contributed by atoms with Gasteiger partial charge in [-0.25, -0.2) is 9.97 Å². The molecule has 2 heterocycles. The van der Waals surface area contributed by atoms with Crippen molar-refractivity contribution in [2.45, 2.75) is 45.6 Å². The largest absolute Gasteiger partial charge is 0.370 e. The zero-order chi connectivity index (χ0) is 14.5.